The van der Waals surface area contributed by atoms with E-state index in [1.165, 1.54) is 19.2 Å². The van der Waals surface area contributed by atoms with Gasteiger partial charge in [0.2, 0.25) is 0 Å². The highest BCUT2D eigenvalue weighted by Crippen LogP contribution is 2.29. The molecule has 88 valence electrons. The zero-order valence-electron chi connectivity index (χ0n) is 8.70. The van der Waals surface area contributed by atoms with Crippen LogP contribution in [0.15, 0.2) is 18.2 Å². The van der Waals surface area contributed by atoms with Gasteiger partial charge in [-0.1, -0.05) is 11.6 Å². The van der Waals surface area contributed by atoms with Crippen LogP contribution in [-0.4, -0.2) is 23.2 Å². The van der Waals surface area contributed by atoms with Gasteiger partial charge < -0.3 is 9.84 Å². The number of aromatic carboxylic acids is 1. The first-order chi connectivity index (χ1) is 8.02. The third kappa shape index (κ3) is 2.01. The van der Waals surface area contributed by atoms with Crippen molar-refractivity contribution in [2.24, 2.45) is 0 Å². The number of carbonyl (C=O) groups is 1. The minimum absolute atomic E-state index is 0.0776. The summed E-state index contributed by atoms with van der Waals surface area (Å²) in [7, 11) is 1.36. The summed E-state index contributed by atoms with van der Waals surface area (Å²) in [5.41, 5.74) is -0.360. The molecule has 1 aromatic carbocycles. The molecule has 0 aliphatic carbocycles. The number of carboxylic acids is 1. The summed E-state index contributed by atoms with van der Waals surface area (Å²) in [5.74, 6) is -1.72. The number of fused-ring (bicyclic) bond motifs is 1. The molecule has 0 amide bonds. The standard InChI is InChI=1S/C11H7ClFNO3/c1-17-9-4-8(11(15)16)14-10-6(9)2-5(12)3-7(10)13/h2-4H,1H3,(H,15,16). The topological polar surface area (TPSA) is 59.4 Å². The van der Waals surface area contributed by atoms with Crippen molar-refractivity contribution in [3.63, 3.8) is 0 Å². The van der Waals surface area contributed by atoms with E-state index in [-0.39, 0.29) is 22.0 Å². The number of pyridine rings is 1. The highest BCUT2D eigenvalue weighted by atomic mass is 35.5. The summed E-state index contributed by atoms with van der Waals surface area (Å²) in [6, 6.07) is 3.76. The van der Waals surface area contributed by atoms with E-state index < -0.39 is 11.8 Å². The van der Waals surface area contributed by atoms with Gasteiger partial charge in [0.1, 0.15) is 11.3 Å². The Balaban J connectivity index is 2.87. The van der Waals surface area contributed by atoms with Gasteiger partial charge >= 0.3 is 5.97 Å². The highest BCUT2D eigenvalue weighted by molar-refractivity contribution is 6.31. The Morgan fingerprint density at radius 2 is 2.18 bits per heavy atom. The van der Waals surface area contributed by atoms with Crippen LogP contribution in [0.1, 0.15) is 10.5 Å². The van der Waals surface area contributed by atoms with E-state index in [9.17, 15) is 9.18 Å². The molecule has 2 rings (SSSR count). The van der Waals surface area contributed by atoms with E-state index in [0.29, 0.717) is 5.39 Å². The van der Waals surface area contributed by atoms with Crippen LogP contribution in [0.25, 0.3) is 10.9 Å². The molecule has 1 N–H and O–H groups in total. The molecule has 0 saturated carbocycles. The van der Waals surface area contributed by atoms with Gasteiger partial charge in [0.15, 0.2) is 11.5 Å². The number of halogens is 2. The Morgan fingerprint density at radius 1 is 1.47 bits per heavy atom. The molecule has 0 fully saturated rings. The number of ether oxygens (including phenoxy) is 1. The zero-order valence-corrected chi connectivity index (χ0v) is 9.45. The lowest BCUT2D eigenvalue weighted by atomic mass is 10.1. The summed E-state index contributed by atoms with van der Waals surface area (Å²) in [5, 5.41) is 9.37. The van der Waals surface area contributed by atoms with Crippen LogP contribution in [-0.2, 0) is 0 Å². The summed E-state index contributed by atoms with van der Waals surface area (Å²) in [6.45, 7) is 0. The fourth-order valence-corrected chi connectivity index (χ4v) is 1.71. The number of hydrogen-bond acceptors (Lipinski definition) is 3. The predicted molar refractivity (Wildman–Crippen MR) is 60.2 cm³/mol. The minimum atomic E-state index is -1.25. The highest BCUT2D eigenvalue weighted by Gasteiger charge is 2.14. The molecule has 0 bridgehead atoms. The fourth-order valence-electron chi connectivity index (χ4n) is 1.50. The van der Waals surface area contributed by atoms with Crippen molar-refractivity contribution < 1.29 is 19.0 Å². The SMILES string of the molecule is COc1cc(C(=O)O)nc2c(F)cc(Cl)cc12. The van der Waals surface area contributed by atoms with Crippen LogP contribution < -0.4 is 4.74 Å². The maximum Gasteiger partial charge on any atom is 0.354 e. The van der Waals surface area contributed by atoms with Gasteiger partial charge in [0, 0.05) is 16.5 Å². The molecule has 17 heavy (non-hydrogen) atoms. The lowest BCUT2D eigenvalue weighted by Gasteiger charge is -2.07. The molecule has 0 radical (unpaired) electrons. The van der Waals surface area contributed by atoms with E-state index in [4.69, 9.17) is 21.4 Å². The number of rotatable bonds is 2. The molecule has 4 nitrogen and oxygen atoms in total. The van der Waals surface area contributed by atoms with Gasteiger partial charge in [-0.2, -0.15) is 0 Å². The van der Waals surface area contributed by atoms with E-state index in [2.05, 4.69) is 4.98 Å². The number of nitrogens with zero attached hydrogens (tertiary/aromatic N) is 1. The Kier molecular flexibility index (Phi) is 2.85. The predicted octanol–water partition coefficient (Wildman–Crippen LogP) is 2.73. The molecular weight excluding hydrogens is 249 g/mol. The quantitative estimate of drug-likeness (QED) is 0.896. The Labute approximate surface area is 101 Å². The molecule has 6 heteroatoms. The third-order valence-corrected chi connectivity index (χ3v) is 2.45. The van der Waals surface area contributed by atoms with Gasteiger partial charge in [-0.25, -0.2) is 14.2 Å². The van der Waals surface area contributed by atoms with Crippen LogP contribution in [0.2, 0.25) is 5.02 Å². The molecule has 1 heterocycles. The Hall–Kier alpha value is -1.88. The first-order valence-electron chi connectivity index (χ1n) is 4.60. The van der Waals surface area contributed by atoms with Crippen LogP contribution in [0.3, 0.4) is 0 Å². The molecule has 0 saturated heterocycles. The Morgan fingerprint density at radius 3 is 2.76 bits per heavy atom. The summed E-state index contributed by atoms with van der Waals surface area (Å²) in [4.78, 5) is 14.5. The molecule has 0 aliphatic heterocycles. The van der Waals surface area contributed by atoms with Crippen molar-refractivity contribution in [2.75, 3.05) is 7.11 Å². The summed E-state index contributed by atoms with van der Waals surface area (Å²) < 4.78 is 18.6. The molecule has 0 unspecified atom stereocenters. The summed E-state index contributed by atoms with van der Waals surface area (Å²) in [6.07, 6.45) is 0. The van der Waals surface area contributed by atoms with Crippen molar-refractivity contribution in [3.05, 3.63) is 34.7 Å². The van der Waals surface area contributed by atoms with Crippen molar-refractivity contribution in [1.29, 1.82) is 0 Å². The molecule has 0 atom stereocenters. The molecular formula is C11H7ClFNO3. The van der Waals surface area contributed by atoms with E-state index in [1.54, 1.807) is 0 Å². The van der Waals surface area contributed by atoms with Gasteiger partial charge in [0.25, 0.3) is 0 Å². The second kappa shape index (κ2) is 4.18. The lowest BCUT2D eigenvalue weighted by Crippen LogP contribution is -2.02. The zero-order chi connectivity index (χ0) is 12.6. The first-order valence-corrected chi connectivity index (χ1v) is 4.98. The second-order valence-electron chi connectivity index (χ2n) is 3.30. The largest absolute Gasteiger partial charge is 0.496 e. The smallest absolute Gasteiger partial charge is 0.354 e. The first kappa shape index (κ1) is 11.6. The number of hydrogen-bond donors (Lipinski definition) is 1. The molecule has 2 aromatic rings. The normalized spacial score (nSPS) is 10.5. The third-order valence-electron chi connectivity index (χ3n) is 2.23. The van der Waals surface area contributed by atoms with Crippen LogP contribution >= 0.6 is 11.6 Å². The minimum Gasteiger partial charge on any atom is -0.496 e. The van der Waals surface area contributed by atoms with Crippen molar-refractivity contribution >= 4 is 28.5 Å². The maximum atomic E-state index is 13.6. The fraction of sp³-hybridized carbons (Fsp3) is 0.0909. The lowest BCUT2D eigenvalue weighted by molar-refractivity contribution is 0.0690. The van der Waals surface area contributed by atoms with Gasteiger partial charge in [0.05, 0.1) is 7.11 Å². The average Bonchev–Trinajstić information content (AvgIpc) is 2.27. The van der Waals surface area contributed by atoms with E-state index in [1.807, 2.05) is 0 Å². The van der Waals surface area contributed by atoms with Crippen LogP contribution in [0.4, 0.5) is 4.39 Å². The number of benzene rings is 1. The number of methoxy groups -OCH3 is 1. The number of carboxylic acid groups (broad SMARTS) is 1. The van der Waals surface area contributed by atoms with E-state index in [0.717, 1.165) is 6.07 Å². The van der Waals surface area contributed by atoms with Gasteiger partial charge in [-0.3, -0.25) is 0 Å². The monoisotopic (exact) mass is 255 g/mol. The Bertz CT molecular complexity index is 615. The molecule has 1 aromatic heterocycles. The van der Waals surface area contributed by atoms with Gasteiger partial charge in [-0.05, 0) is 12.1 Å². The van der Waals surface area contributed by atoms with Gasteiger partial charge in [-0.15, -0.1) is 0 Å². The van der Waals surface area contributed by atoms with Crippen molar-refractivity contribution in [3.8, 4) is 5.75 Å². The number of aromatic nitrogens is 1. The second-order valence-corrected chi connectivity index (χ2v) is 3.74. The van der Waals surface area contributed by atoms with Crippen LogP contribution in [0, 0.1) is 5.82 Å². The maximum absolute atomic E-state index is 13.6. The van der Waals surface area contributed by atoms with E-state index >= 15 is 0 Å². The average molecular weight is 256 g/mol. The summed E-state index contributed by atoms with van der Waals surface area (Å²) >= 11 is 5.72. The van der Waals surface area contributed by atoms with Crippen molar-refractivity contribution in [2.45, 2.75) is 0 Å². The molecule has 0 aliphatic rings. The van der Waals surface area contributed by atoms with Crippen molar-refractivity contribution in [1.82, 2.24) is 4.98 Å². The molecule has 0 spiro atoms. The van der Waals surface area contributed by atoms with Crippen LogP contribution in [0.5, 0.6) is 5.75 Å².